The van der Waals surface area contributed by atoms with Crippen molar-refractivity contribution in [3.05, 3.63) is 26.1 Å². The van der Waals surface area contributed by atoms with E-state index < -0.39 is 21.7 Å². The SMILES string of the molecule is Cc1nc([N+](=O)[O-])nc([N+](=O)[O-])n1. The summed E-state index contributed by atoms with van der Waals surface area (Å²) in [5, 5.41) is 20.3. The molecule has 0 radical (unpaired) electrons. The van der Waals surface area contributed by atoms with Gasteiger partial charge in [-0.15, -0.1) is 0 Å². The molecule has 1 heterocycles. The number of nitrogens with zero attached hydrogens (tertiary/aromatic N) is 5. The van der Waals surface area contributed by atoms with Gasteiger partial charge in [0, 0.05) is 11.9 Å². The molecule has 0 atom stereocenters. The summed E-state index contributed by atoms with van der Waals surface area (Å²) in [5.74, 6) is -1.70. The van der Waals surface area contributed by atoms with Gasteiger partial charge >= 0.3 is 11.9 Å². The maximum atomic E-state index is 10.2. The van der Waals surface area contributed by atoms with E-state index in [9.17, 15) is 20.2 Å². The Balaban J connectivity index is 3.26. The Hall–Kier alpha value is -2.19. The molecule has 1 rings (SSSR count). The van der Waals surface area contributed by atoms with Crippen LogP contribution in [0.5, 0.6) is 0 Å². The molecule has 1 aromatic heterocycles. The Morgan fingerprint density at radius 3 is 1.69 bits per heavy atom. The summed E-state index contributed by atoms with van der Waals surface area (Å²) >= 11 is 0. The topological polar surface area (TPSA) is 125 Å². The van der Waals surface area contributed by atoms with Gasteiger partial charge < -0.3 is 20.2 Å². The molecule has 0 aliphatic rings. The average molecular weight is 185 g/mol. The van der Waals surface area contributed by atoms with E-state index in [1.165, 1.54) is 6.92 Å². The third kappa shape index (κ3) is 1.89. The quantitative estimate of drug-likeness (QED) is 0.468. The third-order valence-electron chi connectivity index (χ3n) is 1.05. The molecule has 13 heavy (non-hydrogen) atoms. The Morgan fingerprint density at radius 1 is 1.00 bits per heavy atom. The number of aryl methyl sites for hydroxylation is 1. The summed E-state index contributed by atoms with van der Waals surface area (Å²) < 4.78 is 0. The van der Waals surface area contributed by atoms with E-state index >= 15 is 0 Å². The van der Waals surface area contributed by atoms with Gasteiger partial charge in [-0.25, -0.2) is 0 Å². The summed E-state index contributed by atoms with van der Waals surface area (Å²) in [6.07, 6.45) is 0. The first-order valence-corrected chi connectivity index (χ1v) is 3.02. The Bertz CT molecular complexity index is 345. The molecule has 0 N–H and O–H groups in total. The van der Waals surface area contributed by atoms with Crippen LogP contribution in [0, 0.1) is 27.2 Å². The Labute approximate surface area is 70.8 Å². The molecule has 0 saturated heterocycles. The molecule has 9 nitrogen and oxygen atoms in total. The van der Waals surface area contributed by atoms with Crippen LogP contribution in [0.1, 0.15) is 5.82 Å². The molecule has 1 aromatic rings. The number of rotatable bonds is 2. The highest BCUT2D eigenvalue weighted by molar-refractivity contribution is 5.14. The number of hydrogen-bond acceptors (Lipinski definition) is 7. The molecule has 0 amide bonds. The maximum absolute atomic E-state index is 10.2. The predicted octanol–water partition coefficient (Wildman–Crippen LogP) is -0.00358. The second-order valence-electron chi connectivity index (χ2n) is 2.00. The molecule has 0 saturated carbocycles. The lowest BCUT2D eigenvalue weighted by Gasteiger charge is -1.92. The smallest absolute Gasteiger partial charge is 0.390 e. The van der Waals surface area contributed by atoms with Crippen LogP contribution < -0.4 is 0 Å². The van der Waals surface area contributed by atoms with Crippen molar-refractivity contribution in [1.82, 2.24) is 15.0 Å². The fourth-order valence-corrected chi connectivity index (χ4v) is 0.617. The zero-order valence-corrected chi connectivity index (χ0v) is 6.37. The van der Waals surface area contributed by atoms with Crippen molar-refractivity contribution in [3.63, 3.8) is 0 Å². The monoisotopic (exact) mass is 185 g/mol. The third-order valence-corrected chi connectivity index (χ3v) is 1.05. The average Bonchev–Trinajstić information content (AvgIpc) is 2.03. The van der Waals surface area contributed by atoms with Crippen molar-refractivity contribution in [2.45, 2.75) is 6.92 Å². The van der Waals surface area contributed by atoms with E-state index in [1.54, 1.807) is 0 Å². The second-order valence-corrected chi connectivity index (χ2v) is 2.00. The van der Waals surface area contributed by atoms with Crippen LogP contribution in [0.2, 0.25) is 0 Å². The number of hydrogen-bond donors (Lipinski definition) is 0. The molecule has 0 spiro atoms. The van der Waals surface area contributed by atoms with Crippen molar-refractivity contribution in [3.8, 4) is 0 Å². The van der Waals surface area contributed by atoms with Gasteiger partial charge in [-0.3, -0.25) is 0 Å². The normalized spacial score (nSPS) is 9.62. The van der Waals surface area contributed by atoms with Gasteiger partial charge in [0.05, 0.1) is 0 Å². The van der Waals surface area contributed by atoms with E-state index in [-0.39, 0.29) is 5.82 Å². The zero-order chi connectivity index (χ0) is 10.0. The molecule has 0 aliphatic carbocycles. The van der Waals surface area contributed by atoms with Crippen LogP contribution in [0.25, 0.3) is 0 Å². The highest BCUT2D eigenvalue weighted by Crippen LogP contribution is 2.08. The van der Waals surface area contributed by atoms with Crippen molar-refractivity contribution in [2.24, 2.45) is 0 Å². The van der Waals surface area contributed by atoms with Crippen molar-refractivity contribution < 1.29 is 9.85 Å². The highest BCUT2D eigenvalue weighted by Gasteiger charge is 2.20. The predicted molar refractivity (Wildman–Crippen MR) is 37.9 cm³/mol. The maximum Gasteiger partial charge on any atom is 0.478 e. The van der Waals surface area contributed by atoms with Gasteiger partial charge in [-0.2, -0.15) is 0 Å². The molecule has 0 unspecified atom stereocenters. The van der Waals surface area contributed by atoms with E-state index in [4.69, 9.17) is 0 Å². The molecule has 68 valence electrons. The van der Waals surface area contributed by atoms with Crippen molar-refractivity contribution >= 4 is 11.9 Å². The van der Waals surface area contributed by atoms with Gasteiger partial charge in [0.15, 0.2) is 0 Å². The number of nitro groups is 2. The van der Waals surface area contributed by atoms with Crippen LogP contribution in [-0.2, 0) is 0 Å². The summed E-state index contributed by atoms with van der Waals surface area (Å²) in [4.78, 5) is 28.1. The lowest BCUT2D eigenvalue weighted by Crippen LogP contribution is -2.04. The lowest BCUT2D eigenvalue weighted by atomic mass is 10.7. The molecule has 0 aliphatic heterocycles. The first kappa shape index (κ1) is 8.90. The summed E-state index contributed by atoms with van der Waals surface area (Å²) in [7, 11) is 0. The largest absolute Gasteiger partial charge is 0.478 e. The molecular formula is C4H3N5O4. The molecule has 0 fully saturated rings. The lowest BCUT2D eigenvalue weighted by molar-refractivity contribution is -0.409. The van der Waals surface area contributed by atoms with E-state index in [2.05, 4.69) is 15.0 Å². The van der Waals surface area contributed by atoms with Crippen LogP contribution >= 0.6 is 0 Å². The summed E-state index contributed by atoms with van der Waals surface area (Å²) in [6, 6.07) is 0. The minimum absolute atomic E-state index is 0.0617. The summed E-state index contributed by atoms with van der Waals surface area (Å²) in [6.45, 7) is 1.31. The highest BCUT2D eigenvalue weighted by atomic mass is 16.6. The standard InChI is InChI=1S/C4H3N5O4/c1-2-5-3(8(10)11)7-4(6-2)9(12)13/h1H3. The summed E-state index contributed by atoms with van der Waals surface area (Å²) in [5.41, 5.74) is 0. The van der Waals surface area contributed by atoms with Crippen molar-refractivity contribution in [1.29, 1.82) is 0 Å². The van der Waals surface area contributed by atoms with E-state index in [1.807, 2.05) is 0 Å². The minimum Gasteiger partial charge on any atom is -0.390 e. The van der Waals surface area contributed by atoms with Gasteiger partial charge in [0.1, 0.15) is 0 Å². The van der Waals surface area contributed by atoms with Gasteiger partial charge in [0.2, 0.25) is 0 Å². The Kier molecular flexibility index (Phi) is 2.09. The zero-order valence-electron chi connectivity index (χ0n) is 6.37. The first-order valence-electron chi connectivity index (χ1n) is 3.02. The van der Waals surface area contributed by atoms with E-state index in [0.717, 1.165) is 0 Å². The first-order chi connectivity index (χ1) is 6.00. The van der Waals surface area contributed by atoms with Gasteiger partial charge in [-0.05, 0) is 19.8 Å². The fourth-order valence-electron chi connectivity index (χ4n) is 0.617. The molecule has 0 bridgehead atoms. The van der Waals surface area contributed by atoms with Gasteiger partial charge in [0.25, 0.3) is 5.82 Å². The minimum atomic E-state index is -0.915. The number of aromatic nitrogens is 3. The molecule has 0 aromatic carbocycles. The van der Waals surface area contributed by atoms with Crippen molar-refractivity contribution in [2.75, 3.05) is 0 Å². The van der Waals surface area contributed by atoms with Crippen LogP contribution in [0.3, 0.4) is 0 Å². The van der Waals surface area contributed by atoms with Crippen LogP contribution in [0.4, 0.5) is 11.9 Å². The van der Waals surface area contributed by atoms with Gasteiger partial charge in [-0.1, -0.05) is 0 Å². The second kappa shape index (κ2) is 3.05. The van der Waals surface area contributed by atoms with Crippen LogP contribution in [-0.4, -0.2) is 24.8 Å². The molecule has 9 heteroatoms. The Morgan fingerprint density at radius 2 is 1.38 bits per heavy atom. The molecular weight excluding hydrogens is 182 g/mol. The fraction of sp³-hybridized carbons (Fsp3) is 0.250. The van der Waals surface area contributed by atoms with Crippen LogP contribution in [0.15, 0.2) is 0 Å². The van der Waals surface area contributed by atoms with E-state index in [0.29, 0.717) is 0 Å².